The van der Waals surface area contributed by atoms with Gasteiger partial charge in [-0.3, -0.25) is 4.79 Å². The number of aryl methyl sites for hydroxylation is 2. The Bertz CT molecular complexity index is 442. The van der Waals surface area contributed by atoms with Crippen molar-refractivity contribution in [2.75, 3.05) is 20.3 Å². The molecule has 18 heavy (non-hydrogen) atoms. The van der Waals surface area contributed by atoms with Gasteiger partial charge in [0.05, 0.1) is 5.56 Å². The molecule has 2 atom stereocenters. The second kappa shape index (κ2) is 6.66. The first kappa shape index (κ1) is 14.9. The van der Waals surface area contributed by atoms with Crippen LogP contribution in [0.3, 0.4) is 0 Å². The molecule has 2 N–H and O–H groups in total. The molecule has 102 valence electrons. The summed E-state index contributed by atoms with van der Waals surface area (Å²) < 4.78 is 5.08. The van der Waals surface area contributed by atoms with Gasteiger partial charge in [-0.05, 0) is 26.7 Å². The molecule has 1 aromatic rings. The van der Waals surface area contributed by atoms with Crippen molar-refractivity contribution in [2.45, 2.75) is 33.7 Å². The Morgan fingerprint density at radius 2 is 2.06 bits per heavy atom. The van der Waals surface area contributed by atoms with E-state index in [0.717, 1.165) is 12.2 Å². The fourth-order valence-corrected chi connectivity index (χ4v) is 2.07. The monoisotopic (exact) mass is 253 g/mol. The van der Waals surface area contributed by atoms with Crippen LogP contribution in [0.4, 0.5) is 0 Å². The van der Waals surface area contributed by atoms with Gasteiger partial charge < -0.3 is 15.0 Å². The topological polar surface area (TPSA) is 67.0 Å². The molecule has 1 heterocycles. The van der Waals surface area contributed by atoms with E-state index >= 15 is 0 Å². The maximum Gasteiger partial charge on any atom is 0.255 e. The highest BCUT2D eigenvalue weighted by Gasteiger charge is 2.14. The molecule has 5 heteroatoms. The van der Waals surface area contributed by atoms with E-state index in [9.17, 15) is 4.79 Å². The number of aromatic nitrogens is 2. The summed E-state index contributed by atoms with van der Waals surface area (Å²) in [6, 6.07) is -0.0128. The number of hydrogen-bond acceptors (Lipinski definition) is 4. The summed E-state index contributed by atoms with van der Waals surface area (Å²) in [6.07, 6.45) is 0. The maximum absolute atomic E-state index is 11.9. The van der Waals surface area contributed by atoms with Crippen molar-refractivity contribution in [1.82, 2.24) is 15.3 Å². The number of rotatable bonds is 6. The molecule has 1 rings (SSSR count). The predicted octanol–water partition coefficient (Wildman–Crippen LogP) is 1.32. The lowest BCUT2D eigenvalue weighted by Crippen LogP contribution is -2.31. The molecular weight excluding hydrogens is 230 g/mol. The molecule has 5 nitrogen and oxygen atoms in total. The average molecular weight is 253 g/mol. The standard InChI is InChI=1S/C13H23N3O2/c1-8(7-18-5)6-14-9(2)12-10(3)15-11(4)16-13(12)17/h8-9,14H,6-7H2,1-5H3,(H,15,16,17). The Morgan fingerprint density at radius 3 is 2.61 bits per heavy atom. The zero-order valence-electron chi connectivity index (χ0n) is 11.8. The third-order valence-corrected chi connectivity index (χ3v) is 2.92. The quantitative estimate of drug-likeness (QED) is 0.802. The highest BCUT2D eigenvalue weighted by atomic mass is 16.5. The molecular formula is C13H23N3O2. The number of ether oxygens (including phenoxy) is 1. The fraction of sp³-hybridized carbons (Fsp3) is 0.692. The molecule has 0 amide bonds. The largest absolute Gasteiger partial charge is 0.384 e. The Morgan fingerprint density at radius 1 is 1.39 bits per heavy atom. The normalized spacial score (nSPS) is 14.5. The molecule has 1 aromatic heterocycles. The lowest BCUT2D eigenvalue weighted by Gasteiger charge is -2.18. The van der Waals surface area contributed by atoms with E-state index in [2.05, 4.69) is 22.2 Å². The van der Waals surface area contributed by atoms with Crippen LogP contribution in [0, 0.1) is 19.8 Å². The van der Waals surface area contributed by atoms with Crippen LogP contribution in [0.15, 0.2) is 4.79 Å². The molecule has 0 saturated carbocycles. The summed E-state index contributed by atoms with van der Waals surface area (Å²) in [7, 11) is 1.69. The van der Waals surface area contributed by atoms with Gasteiger partial charge in [0, 0.05) is 32.0 Å². The molecule has 0 fully saturated rings. The maximum atomic E-state index is 11.9. The van der Waals surface area contributed by atoms with Crippen molar-refractivity contribution in [3.05, 3.63) is 27.4 Å². The predicted molar refractivity (Wildman–Crippen MR) is 71.8 cm³/mol. The van der Waals surface area contributed by atoms with Crippen molar-refractivity contribution in [3.8, 4) is 0 Å². The smallest absolute Gasteiger partial charge is 0.255 e. The van der Waals surface area contributed by atoms with E-state index in [1.54, 1.807) is 14.0 Å². The number of hydrogen-bond donors (Lipinski definition) is 2. The van der Waals surface area contributed by atoms with E-state index in [0.29, 0.717) is 23.9 Å². The zero-order valence-corrected chi connectivity index (χ0v) is 11.8. The van der Waals surface area contributed by atoms with Gasteiger partial charge in [-0.1, -0.05) is 6.92 Å². The Balaban J connectivity index is 2.73. The van der Waals surface area contributed by atoms with Crippen LogP contribution in [0.2, 0.25) is 0 Å². The van der Waals surface area contributed by atoms with Gasteiger partial charge in [-0.25, -0.2) is 4.98 Å². The molecule has 0 saturated heterocycles. The lowest BCUT2D eigenvalue weighted by molar-refractivity contribution is 0.157. The van der Waals surface area contributed by atoms with Crippen LogP contribution in [-0.2, 0) is 4.74 Å². The van der Waals surface area contributed by atoms with Crippen LogP contribution in [0.5, 0.6) is 0 Å². The number of aromatic amines is 1. The van der Waals surface area contributed by atoms with Gasteiger partial charge in [-0.2, -0.15) is 0 Å². The first-order valence-electron chi connectivity index (χ1n) is 6.25. The van der Waals surface area contributed by atoms with Gasteiger partial charge in [0.15, 0.2) is 0 Å². The second-order valence-electron chi connectivity index (χ2n) is 4.84. The van der Waals surface area contributed by atoms with E-state index in [1.165, 1.54) is 0 Å². The van der Waals surface area contributed by atoms with E-state index in [1.807, 2.05) is 13.8 Å². The zero-order chi connectivity index (χ0) is 13.7. The van der Waals surface area contributed by atoms with Crippen molar-refractivity contribution in [2.24, 2.45) is 5.92 Å². The molecule has 0 spiro atoms. The van der Waals surface area contributed by atoms with Gasteiger partial charge in [0.25, 0.3) is 5.56 Å². The first-order chi connectivity index (χ1) is 8.45. The van der Waals surface area contributed by atoms with Crippen LogP contribution < -0.4 is 10.9 Å². The van der Waals surface area contributed by atoms with Crippen molar-refractivity contribution >= 4 is 0 Å². The molecule has 0 radical (unpaired) electrons. The molecule has 0 bridgehead atoms. The highest BCUT2D eigenvalue weighted by molar-refractivity contribution is 5.19. The number of nitrogens with one attached hydrogen (secondary N) is 2. The Hall–Kier alpha value is -1.20. The number of nitrogens with zero attached hydrogens (tertiary/aromatic N) is 1. The summed E-state index contributed by atoms with van der Waals surface area (Å²) in [5.41, 5.74) is 1.44. The summed E-state index contributed by atoms with van der Waals surface area (Å²) >= 11 is 0. The third-order valence-electron chi connectivity index (χ3n) is 2.92. The first-order valence-corrected chi connectivity index (χ1v) is 6.25. The van der Waals surface area contributed by atoms with Crippen LogP contribution in [0.25, 0.3) is 0 Å². The molecule has 0 aromatic carbocycles. The van der Waals surface area contributed by atoms with E-state index in [4.69, 9.17) is 4.74 Å². The van der Waals surface area contributed by atoms with E-state index < -0.39 is 0 Å². The van der Waals surface area contributed by atoms with E-state index in [-0.39, 0.29) is 11.6 Å². The molecule has 2 unspecified atom stereocenters. The summed E-state index contributed by atoms with van der Waals surface area (Å²) in [4.78, 5) is 19.0. The minimum Gasteiger partial charge on any atom is -0.384 e. The highest BCUT2D eigenvalue weighted by Crippen LogP contribution is 2.11. The van der Waals surface area contributed by atoms with Gasteiger partial charge in [-0.15, -0.1) is 0 Å². The molecule has 0 aliphatic heterocycles. The SMILES string of the molecule is COCC(C)CNC(C)c1c(C)nc(C)[nH]c1=O. The van der Waals surface area contributed by atoms with Crippen LogP contribution >= 0.6 is 0 Å². The summed E-state index contributed by atoms with van der Waals surface area (Å²) in [5, 5.41) is 3.34. The Kier molecular flexibility index (Phi) is 5.50. The third kappa shape index (κ3) is 3.92. The van der Waals surface area contributed by atoms with Crippen LogP contribution in [-0.4, -0.2) is 30.2 Å². The number of methoxy groups -OCH3 is 1. The van der Waals surface area contributed by atoms with Gasteiger partial charge in [0.1, 0.15) is 5.82 Å². The molecule has 0 aliphatic carbocycles. The van der Waals surface area contributed by atoms with Crippen LogP contribution in [0.1, 0.15) is 37.0 Å². The Labute approximate surface area is 108 Å². The fourth-order valence-electron chi connectivity index (χ4n) is 2.07. The van der Waals surface area contributed by atoms with Gasteiger partial charge in [0.2, 0.25) is 0 Å². The van der Waals surface area contributed by atoms with Gasteiger partial charge >= 0.3 is 0 Å². The second-order valence-corrected chi connectivity index (χ2v) is 4.84. The summed E-state index contributed by atoms with van der Waals surface area (Å²) in [5.74, 6) is 1.07. The minimum atomic E-state index is -0.0561. The minimum absolute atomic E-state index is 0.0128. The van der Waals surface area contributed by atoms with Crippen molar-refractivity contribution in [3.63, 3.8) is 0 Å². The summed E-state index contributed by atoms with van der Waals surface area (Å²) in [6.45, 7) is 9.26. The van der Waals surface area contributed by atoms with Crippen molar-refractivity contribution in [1.29, 1.82) is 0 Å². The number of H-pyrrole nitrogens is 1. The van der Waals surface area contributed by atoms with Crippen molar-refractivity contribution < 1.29 is 4.74 Å². The lowest BCUT2D eigenvalue weighted by atomic mass is 10.1. The molecule has 0 aliphatic rings. The average Bonchev–Trinajstić information content (AvgIpc) is 2.25.